The number of phenolic OH excluding ortho intramolecular Hbond substituents is 2. The van der Waals surface area contributed by atoms with Crippen LogP contribution >= 0.6 is 0 Å². The van der Waals surface area contributed by atoms with Gasteiger partial charge in [-0.25, -0.2) is 0 Å². The second-order valence-corrected chi connectivity index (χ2v) is 6.83. The van der Waals surface area contributed by atoms with E-state index in [1.165, 1.54) is 50.6 Å². The van der Waals surface area contributed by atoms with Crippen molar-refractivity contribution in [3.8, 4) is 23.0 Å². The summed E-state index contributed by atoms with van der Waals surface area (Å²) in [6.45, 7) is 0. The number of hydrogen-bond donors (Lipinski definition) is 2. The predicted molar refractivity (Wildman–Crippen MR) is 122 cm³/mol. The molecule has 0 saturated carbocycles. The molecule has 0 spiro atoms. The summed E-state index contributed by atoms with van der Waals surface area (Å²) in [6.07, 6.45) is 5.98. The minimum atomic E-state index is -0.351. The minimum Gasteiger partial charge on any atom is -0.507 e. The SMILES string of the molecule is COc1ccc(C(=O)/C=C/c2cccc(/C=C/C(=O)c3ccc(OC)cc3O)c2)c(O)c1. The maximum atomic E-state index is 12.4. The molecule has 0 bridgehead atoms. The molecule has 32 heavy (non-hydrogen) atoms. The van der Waals surface area contributed by atoms with Crippen molar-refractivity contribution in [2.24, 2.45) is 0 Å². The summed E-state index contributed by atoms with van der Waals surface area (Å²) >= 11 is 0. The summed E-state index contributed by atoms with van der Waals surface area (Å²) in [5, 5.41) is 20.0. The van der Waals surface area contributed by atoms with E-state index in [9.17, 15) is 19.8 Å². The van der Waals surface area contributed by atoms with Crippen LogP contribution in [0.2, 0.25) is 0 Å². The molecule has 162 valence electrons. The summed E-state index contributed by atoms with van der Waals surface area (Å²) in [5.41, 5.74) is 1.83. The van der Waals surface area contributed by atoms with Crippen LogP contribution in [0, 0.1) is 0 Å². The van der Waals surface area contributed by atoms with Gasteiger partial charge < -0.3 is 19.7 Å². The molecule has 0 aliphatic carbocycles. The third kappa shape index (κ3) is 5.43. The fourth-order valence-electron chi connectivity index (χ4n) is 2.98. The van der Waals surface area contributed by atoms with Gasteiger partial charge in [-0.2, -0.15) is 0 Å². The first kappa shape index (κ1) is 22.4. The topological polar surface area (TPSA) is 93.1 Å². The standard InChI is InChI=1S/C26H22O6/c1-31-19-8-10-21(25(29)15-19)23(27)12-6-17-4-3-5-18(14-17)7-13-24(28)22-11-9-20(32-2)16-26(22)30/h3-16,29-30H,1-2H3/b12-6+,13-7+. The first-order valence-electron chi connectivity index (χ1n) is 9.70. The van der Waals surface area contributed by atoms with Crippen LogP contribution in [0.5, 0.6) is 23.0 Å². The zero-order chi connectivity index (χ0) is 23.1. The number of benzene rings is 3. The molecule has 6 heteroatoms. The molecule has 0 unspecified atom stereocenters. The molecular weight excluding hydrogens is 408 g/mol. The van der Waals surface area contributed by atoms with Crippen molar-refractivity contribution < 1.29 is 29.3 Å². The van der Waals surface area contributed by atoms with Crippen molar-refractivity contribution in [3.63, 3.8) is 0 Å². The number of hydrogen-bond acceptors (Lipinski definition) is 6. The normalized spacial score (nSPS) is 11.1. The zero-order valence-corrected chi connectivity index (χ0v) is 17.6. The van der Waals surface area contributed by atoms with Crippen molar-refractivity contribution in [2.45, 2.75) is 0 Å². The number of allylic oxidation sites excluding steroid dienone is 2. The van der Waals surface area contributed by atoms with Gasteiger partial charge in [0.15, 0.2) is 11.6 Å². The van der Waals surface area contributed by atoms with E-state index in [1.54, 1.807) is 36.4 Å². The van der Waals surface area contributed by atoms with Crippen LogP contribution in [0.15, 0.2) is 72.8 Å². The van der Waals surface area contributed by atoms with E-state index < -0.39 is 0 Å². The van der Waals surface area contributed by atoms with Crippen molar-refractivity contribution in [2.75, 3.05) is 14.2 Å². The molecule has 0 radical (unpaired) electrons. The summed E-state index contributed by atoms with van der Waals surface area (Å²) in [6, 6.07) is 16.2. The number of rotatable bonds is 8. The number of aromatic hydroxyl groups is 2. The molecule has 3 aromatic rings. The molecule has 0 aromatic heterocycles. The second kappa shape index (κ2) is 10.1. The highest BCUT2D eigenvalue weighted by molar-refractivity contribution is 6.09. The van der Waals surface area contributed by atoms with E-state index in [0.717, 1.165) is 11.1 Å². The lowest BCUT2D eigenvalue weighted by atomic mass is 10.0. The first-order valence-corrected chi connectivity index (χ1v) is 9.70. The van der Waals surface area contributed by atoms with Crippen molar-refractivity contribution >= 4 is 23.7 Å². The maximum Gasteiger partial charge on any atom is 0.189 e. The molecule has 0 saturated heterocycles. The number of carbonyl (C=O) groups is 2. The Bertz CT molecular complexity index is 1120. The average molecular weight is 430 g/mol. The lowest BCUT2D eigenvalue weighted by Gasteiger charge is -2.04. The molecule has 0 heterocycles. The van der Waals surface area contributed by atoms with Crippen molar-refractivity contribution in [3.05, 3.63) is 95.1 Å². The van der Waals surface area contributed by atoms with Gasteiger partial charge in [-0.1, -0.05) is 30.4 Å². The molecule has 3 aromatic carbocycles. The highest BCUT2D eigenvalue weighted by Gasteiger charge is 2.10. The third-order valence-electron chi connectivity index (χ3n) is 4.71. The Morgan fingerprint density at radius 2 is 1.12 bits per heavy atom. The summed E-state index contributed by atoms with van der Waals surface area (Å²) in [5.74, 6) is -0.0977. The molecule has 0 aliphatic rings. The van der Waals surface area contributed by atoms with Gasteiger partial charge in [0.05, 0.1) is 25.3 Å². The third-order valence-corrected chi connectivity index (χ3v) is 4.71. The van der Waals surface area contributed by atoms with Crippen molar-refractivity contribution in [1.29, 1.82) is 0 Å². The van der Waals surface area contributed by atoms with Gasteiger partial charge in [0.25, 0.3) is 0 Å². The van der Waals surface area contributed by atoms with Crippen LogP contribution in [-0.2, 0) is 0 Å². The van der Waals surface area contributed by atoms with Gasteiger partial charge >= 0.3 is 0 Å². The lowest BCUT2D eigenvalue weighted by molar-refractivity contribution is 0.103. The van der Waals surface area contributed by atoms with E-state index in [0.29, 0.717) is 11.5 Å². The molecule has 0 amide bonds. The fourth-order valence-corrected chi connectivity index (χ4v) is 2.98. The number of ether oxygens (including phenoxy) is 2. The van der Waals surface area contributed by atoms with Gasteiger partial charge in [0.1, 0.15) is 23.0 Å². The molecule has 0 aliphatic heterocycles. The summed E-state index contributed by atoms with van der Waals surface area (Å²) in [4.78, 5) is 24.8. The Morgan fingerprint density at radius 1 is 0.688 bits per heavy atom. The molecule has 6 nitrogen and oxygen atoms in total. The molecular formula is C26H22O6. The zero-order valence-electron chi connectivity index (χ0n) is 17.6. The molecule has 3 rings (SSSR count). The quantitative estimate of drug-likeness (QED) is 0.390. The van der Waals surface area contributed by atoms with Crippen LogP contribution in [0.3, 0.4) is 0 Å². The number of carbonyl (C=O) groups excluding carboxylic acids is 2. The van der Waals surface area contributed by atoms with Crippen LogP contribution in [0.4, 0.5) is 0 Å². The molecule has 0 atom stereocenters. The summed E-state index contributed by atoms with van der Waals surface area (Å²) in [7, 11) is 2.95. The largest absolute Gasteiger partial charge is 0.507 e. The van der Waals surface area contributed by atoms with Gasteiger partial charge in [0.2, 0.25) is 0 Å². The fraction of sp³-hybridized carbons (Fsp3) is 0.0769. The number of phenols is 2. The minimum absolute atomic E-state index is 0.156. The smallest absolute Gasteiger partial charge is 0.189 e. The molecule has 0 fully saturated rings. The van der Waals surface area contributed by atoms with Gasteiger partial charge in [0, 0.05) is 12.1 Å². The van der Waals surface area contributed by atoms with Gasteiger partial charge in [-0.15, -0.1) is 0 Å². The Labute approximate surface area is 185 Å². The highest BCUT2D eigenvalue weighted by atomic mass is 16.5. The Balaban J connectivity index is 1.72. The second-order valence-electron chi connectivity index (χ2n) is 6.83. The van der Waals surface area contributed by atoms with E-state index >= 15 is 0 Å². The Hall–Kier alpha value is -4.32. The average Bonchev–Trinajstić information content (AvgIpc) is 2.81. The van der Waals surface area contributed by atoms with Crippen LogP contribution < -0.4 is 9.47 Å². The van der Waals surface area contributed by atoms with E-state index in [4.69, 9.17) is 9.47 Å². The van der Waals surface area contributed by atoms with Gasteiger partial charge in [-0.05, 0) is 53.6 Å². The summed E-state index contributed by atoms with van der Waals surface area (Å²) < 4.78 is 10.0. The lowest BCUT2D eigenvalue weighted by Crippen LogP contribution is -1.96. The van der Waals surface area contributed by atoms with E-state index in [-0.39, 0.29) is 34.2 Å². The van der Waals surface area contributed by atoms with Crippen LogP contribution in [0.1, 0.15) is 31.8 Å². The number of ketones is 2. The van der Waals surface area contributed by atoms with Gasteiger partial charge in [-0.3, -0.25) is 9.59 Å². The Morgan fingerprint density at radius 3 is 1.50 bits per heavy atom. The predicted octanol–water partition coefficient (Wildman–Crippen LogP) is 4.91. The maximum absolute atomic E-state index is 12.4. The van der Waals surface area contributed by atoms with Crippen LogP contribution in [-0.4, -0.2) is 36.0 Å². The first-order chi connectivity index (χ1) is 15.4. The van der Waals surface area contributed by atoms with E-state index in [1.807, 2.05) is 12.1 Å². The van der Waals surface area contributed by atoms with E-state index in [2.05, 4.69) is 0 Å². The van der Waals surface area contributed by atoms with Crippen LogP contribution in [0.25, 0.3) is 12.2 Å². The monoisotopic (exact) mass is 430 g/mol. The highest BCUT2D eigenvalue weighted by Crippen LogP contribution is 2.25. The Kier molecular flexibility index (Phi) is 7.08. The van der Waals surface area contributed by atoms with Crippen molar-refractivity contribution in [1.82, 2.24) is 0 Å². The molecule has 2 N–H and O–H groups in total. The number of methoxy groups -OCH3 is 2.